The van der Waals surface area contributed by atoms with E-state index in [-0.39, 0.29) is 0 Å². The summed E-state index contributed by atoms with van der Waals surface area (Å²) < 4.78 is 5.28. The van der Waals surface area contributed by atoms with Crippen LogP contribution in [0.2, 0.25) is 0 Å². The van der Waals surface area contributed by atoms with Gasteiger partial charge in [0.2, 0.25) is 0 Å². The van der Waals surface area contributed by atoms with Crippen LogP contribution in [0.4, 0.5) is 0 Å². The van der Waals surface area contributed by atoms with Crippen LogP contribution in [0.3, 0.4) is 0 Å². The lowest BCUT2D eigenvalue weighted by Gasteiger charge is -2.25. The fraction of sp³-hybridized carbons (Fsp3) is 0.556. The predicted molar refractivity (Wildman–Crippen MR) is 50.4 cm³/mol. The normalized spacial score (nSPS) is 19.7. The van der Waals surface area contributed by atoms with Crippen LogP contribution in [-0.2, 0) is 11.3 Å². The zero-order chi connectivity index (χ0) is 8.23. The molecule has 66 valence electrons. The van der Waals surface area contributed by atoms with Crippen molar-refractivity contribution < 1.29 is 4.74 Å². The molecule has 0 aromatic carbocycles. The highest BCUT2D eigenvalue weighted by molar-refractivity contribution is 7.07. The first-order valence-corrected chi connectivity index (χ1v) is 5.20. The summed E-state index contributed by atoms with van der Waals surface area (Å²) in [7, 11) is 0. The summed E-state index contributed by atoms with van der Waals surface area (Å²) in [5.74, 6) is 0. The van der Waals surface area contributed by atoms with Gasteiger partial charge in [-0.3, -0.25) is 4.90 Å². The van der Waals surface area contributed by atoms with Crippen LogP contribution in [0.15, 0.2) is 16.8 Å². The van der Waals surface area contributed by atoms with Gasteiger partial charge in [-0.15, -0.1) is 0 Å². The molecule has 0 aliphatic carbocycles. The Bertz CT molecular complexity index is 216. The maximum Gasteiger partial charge on any atom is 0.0594 e. The van der Waals surface area contributed by atoms with Gasteiger partial charge in [0, 0.05) is 19.6 Å². The number of rotatable bonds is 2. The van der Waals surface area contributed by atoms with Crippen molar-refractivity contribution in [2.24, 2.45) is 0 Å². The Morgan fingerprint density at radius 1 is 1.42 bits per heavy atom. The zero-order valence-corrected chi connectivity index (χ0v) is 7.85. The molecule has 0 bridgehead atoms. The van der Waals surface area contributed by atoms with E-state index in [1.807, 2.05) is 0 Å². The van der Waals surface area contributed by atoms with E-state index < -0.39 is 0 Å². The van der Waals surface area contributed by atoms with E-state index >= 15 is 0 Å². The number of hydrogen-bond acceptors (Lipinski definition) is 3. The highest BCUT2D eigenvalue weighted by atomic mass is 32.1. The smallest absolute Gasteiger partial charge is 0.0594 e. The van der Waals surface area contributed by atoms with E-state index in [1.54, 1.807) is 11.3 Å². The lowest BCUT2D eigenvalue weighted by atomic mass is 10.3. The lowest BCUT2D eigenvalue weighted by molar-refractivity contribution is 0.0342. The topological polar surface area (TPSA) is 12.5 Å². The summed E-state index contributed by atoms with van der Waals surface area (Å²) in [5.41, 5.74) is 1.43. The molecule has 0 spiro atoms. The number of hydrogen-bond donors (Lipinski definition) is 0. The van der Waals surface area contributed by atoms with Gasteiger partial charge in [-0.05, 0) is 22.4 Å². The van der Waals surface area contributed by atoms with E-state index in [0.29, 0.717) is 0 Å². The molecule has 12 heavy (non-hydrogen) atoms. The second kappa shape index (κ2) is 4.03. The van der Waals surface area contributed by atoms with Crippen LogP contribution in [0, 0.1) is 0 Å². The highest BCUT2D eigenvalue weighted by Crippen LogP contribution is 2.10. The van der Waals surface area contributed by atoms with Crippen LogP contribution >= 0.6 is 11.3 Å². The van der Waals surface area contributed by atoms with Crippen molar-refractivity contribution in [3.63, 3.8) is 0 Å². The molecule has 2 heterocycles. The molecular weight excluding hydrogens is 170 g/mol. The third-order valence-electron chi connectivity index (χ3n) is 2.09. The molecule has 1 saturated heterocycles. The Hall–Kier alpha value is -0.380. The third-order valence-corrected chi connectivity index (χ3v) is 2.82. The molecule has 0 amide bonds. The first-order valence-electron chi connectivity index (χ1n) is 4.26. The number of nitrogens with zero attached hydrogens (tertiary/aromatic N) is 1. The van der Waals surface area contributed by atoms with Gasteiger partial charge in [-0.1, -0.05) is 0 Å². The second-order valence-corrected chi connectivity index (χ2v) is 3.80. The van der Waals surface area contributed by atoms with Gasteiger partial charge in [0.25, 0.3) is 0 Å². The van der Waals surface area contributed by atoms with Gasteiger partial charge in [-0.2, -0.15) is 11.3 Å². The lowest BCUT2D eigenvalue weighted by Crippen LogP contribution is -2.35. The number of ether oxygens (including phenoxy) is 1. The largest absolute Gasteiger partial charge is 0.379 e. The summed E-state index contributed by atoms with van der Waals surface area (Å²) in [6.07, 6.45) is 0. The van der Waals surface area contributed by atoms with Gasteiger partial charge in [0.1, 0.15) is 0 Å². The van der Waals surface area contributed by atoms with Crippen LogP contribution in [0.1, 0.15) is 5.56 Å². The third kappa shape index (κ3) is 2.06. The Morgan fingerprint density at radius 2 is 2.25 bits per heavy atom. The van der Waals surface area contributed by atoms with Crippen molar-refractivity contribution >= 4 is 11.3 Å². The van der Waals surface area contributed by atoms with Crippen molar-refractivity contribution in [2.75, 3.05) is 26.3 Å². The second-order valence-electron chi connectivity index (χ2n) is 3.02. The van der Waals surface area contributed by atoms with Crippen molar-refractivity contribution in [3.8, 4) is 0 Å². The summed E-state index contributed by atoms with van der Waals surface area (Å²) in [5, 5.41) is 4.35. The quantitative estimate of drug-likeness (QED) is 0.690. The summed E-state index contributed by atoms with van der Waals surface area (Å²) in [4.78, 5) is 2.44. The monoisotopic (exact) mass is 183 g/mol. The maximum atomic E-state index is 5.28. The van der Waals surface area contributed by atoms with Gasteiger partial charge >= 0.3 is 0 Å². The predicted octanol–water partition coefficient (Wildman–Crippen LogP) is 1.58. The Labute approximate surface area is 76.8 Å². The molecule has 3 heteroatoms. The van der Waals surface area contributed by atoms with E-state index in [4.69, 9.17) is 4.74 Å². The van der Waals surface area contributed by atoms with Crippen molar-refractivity contribution in [1.82, 2.24) is 4.90 Å². The van der Waals surface area contributed by atoms with Gasteiger partial charge < -0.3 is 4.74 Å². The molecule has 0 atom stereocenters. The first-order chi connectivity index (χ1) is 5.95. The number of thiophene rings is 1. The van der Waals surface area contributed by atoms with Crippen LogP contribution in [0.5, 0.6) is 0 Å². The summed E-state index contributed by atoms with van der Waals surface area (Å²) >= 11 is 1.77. The van der Waals surface area contributed by atoms with Crippen LogP contribution < -0.4 is 0 Å². The molecule has 0 radical (unpaired) electrons. The van der Waals surface area contributed by atoms with Crippen LogP contribution in [-0.4, -0.2) is 31.2 Å². The molecule has 1 aliphatic heterocycles. The highest BCUT2D eigenvalue weighted by Gasteiger charge is 2.10. The first kappa shape index (κ1) is 8.23. The fourth-order valence-corrected chi connectivity index (χ4v) is 2.06. The molecule has 1 fully saturated rings. The fourth-order valence-electron chi connectivity index (χ4n) is 1.40. The number of morpholine rings is 1. The van der Waals surface area contributed by atoms with Gasteiger partial charge in [0.15, 0.2) is 0 Å². The molecule has 1 aliphatic rings. The molecule has 0 saturated carbocycles. The molecule has 0 unspecified atom stereocenters. The van der Waals surface area contributed by atoms with Gasteiger partial charge in [-0.25, -0.2) is 0 Å². The average Bonchev–Trinajstić information content (AvgIpc) is 2.59. The molecule has 1 aromatic rings. The maximum absolute atomic E-state index is 5.28. The molecule has 2 nitrogen and oxygen atoms in total. The minimum Gasteiger partial charge on any atom is -0.379 e. The van der Waals surface area contributed by atoms with E-state index in [1.165, 1.54) is 5.56 Å². The zero-order valence-electron chi connectivity index (χ0n) is 7.03. The van der Waals surface area contributed by atoms with E-state index in [2.05, 4.69) is 21.7 Å². The average molecular weight is 183 g/mol. The van der Waals surface area contributed by atoms with Crippen molar-refractivity contribution in [3.05, 3.63) is 22.4 Å². The standard InChI is InChI=1S/C9H13NOS/c1-6-12-8-9(1)7-10-2-4-11-5-3-10/h1,6,8H,2-5,7H2. The summed E-state index contributed by atoms with van der Waals surface area (Å²) in [6.45, 7) is 5.03. The molecular formula is C9H13NOS. The Morgan fingerprint density at radius 3 is 2.92 bits per heavy atom. The minimum absolute atomic E-state index is 0.893. The minimum atomic E-state index is 0.893. The SMILES string of the molecule is c1cc(CN2CCOCC2)cs1. The molecule has 2 rings (SSSR count). The van der Waals surface area contributed by atoms with E-state index in [9.17, 15) is 0 Å². The van der Waals surface area contributed by atoms with Crippen molar-refractivity contribution in [1.29, 1.82) is 0 Å². The summed E-state index contributed by atoms with van der Waals surface area (Å²) in [6, 6.07) is 2.19. The van der Waals surface area contributed by atoms with E-state index in [0.717, 1.165) is 32.8 Å². The van der Waals surface area contributed by atoms with Crippen LogP contribution in [0.25, 0.3) is 0 Å². The Balaban J connectivity index is 1.86. The Kier molecular flexibility index (Phi) is 2.76. The van der Waals surface area contributed by atoms with Gasteiger partial charge in [0.05, 0.1) is 13.2 Å². The van der Waals surface area contributed by atoms with Crippen molar-refractivity contribution in [2.45, 2.75) is 6.54 Å². The molecule has 0 N–H and O–H groups in total. The molecule has 1 aromatic heterocycles.